The molecule has 0 saturated carbocycles. The van der Waals surface area contributed by atoms with Crippen molar-refractivity contribution in [3.8, 4) is 11.5 Å². The molecule has 2 aromatic carbocycles. The van der Waals surface area contributed by atoms with Crippen LogP contribution in [0.5, 0.6) is 11.5 Å². The Hall–Kier alpha value is -3.34. The normalized spacial score (nSPS) is 12.0. The highest BCUT2D eigenvalue weighted by Crippen LogP contribution is 2.33. The molecule has 1 N–H and O–H groups in total. The fraction of sp³-hybridized carbons (Fsp3) is 0.350. The van der Waals surface area contributed by atoms with E-state index in [0.717, 1.165) is 22.2 Å². The lowest BCUT2D eigenvalue weighted by molar-refractivity contribution is -0.384. The van der Waals surface area contributed by atoms with E-state index in [4.69, 9.17) is 9.47 Å². The number of methoxy groups -OCH3 is 1. The minimum atomic E-state index is -3.94. The van der Waals surface area contributed by atoms with Gasteiger partial charge < -0.3 is 14.8 Å². The fourth-order valence-electron chi connectivity index (χ4n) is 2.72. The summed E-state index contributed by atoms with van der Waals surface area (Å²) in [6.07, 6.45) is 0.905. The van der Waals surface area contributed by atoms with Crippen molar-refractivity contribution >= 4 is 27.3 Å². The second-order valence-electron chi connectivity index (χ2n) is 6.98. The number of amides is 1. The van der Waals surface area contributed by atoms with Gasteiger partial charge in [-0.3, -0.25) is 19.2 Å². The van der Waals surface area contributed by atoms with Gasteiger partial charge in [-0.25, -0.2) is 8.42 Å². The number of nitro benzene ring substituents is 1. The third-order valence-corrected chi connectivity index (χ3v) is 5.38. The molecule has 2 aromatic rings. The number of rotatable bonds is 10. The second kappa shape index (κ2) is 10.1. The molecular weight excluding hydrogens is 426 g/mol. The van der Waals surface area contributed by atoms with E-state index in [2.05, 4.69) is 5.32 Å². The van der Waals surface area contributed by atoms with Gasteiger partial charge in [0.1, 0.15) is 30.3 Å². The Labute approximate surface area is 181 Å². The summed E-state index contributed by atoms with van der Waals surface area (Å²) >= 11 is 0. The Kier molecular flexibility index (Phi) is 7.81. The molecule has 0 radical (unpaired) electrons. The molecule has 0 bridgehead atoms. The smallest absolute Gasteiger partial charge is 0.271 e. The summed E-state index contributed by atoms with van der Waals surface area (Å²) in [5.41, 5.74) is 0.661. The molecule has 0 spiro atoms. The average Bonchev–Trinajstić information content (AvgIpc) is 2.70. The Bertz CT molecular complexity index is 1040. The lowest BCUT2D eigenvalue weighted by Gasteiger charge is -2.24. The van der Waals surface area contributed by atoms with Gasteiger partial charge in [-0.05, 0) is 32.0 Å². The maximum atomic E-state index is 12.5. The molecule has 1 amide bonds. The summed E-state index contributed by atoms with van der Waals surface area (Å²) in [7, 11) is -2.64. The van der Waals surface area contributed by atoms with Gasteiger partial charge in [0.2, 0.25) is 15.9 Å². The minimum Gasteiger partial charge on any atom is -0.495 e. The summed E-state index contributed by atoms with van der Waals surface area (Å²) in [5.74, 6) is 0.129. The fourth-order valence-corrected chi connectivity index (χ4v) is 3.57. The number of ether oxygens (including phenoxy) is 2. The highest BCUT2D eigenvalue weighted by atomic mass is 32.2. The largest absolute Gasteiger partial charge is 0.495 e. The van der Waals surface area contributed by atoms with Crippen molar-refractivity contribution in [3.63, 3.8) is 0 Å². The Morgan fingerprint density at radius 3 is 2.42 bits per heavy atom. The molecule has 2 rings (SSSR count). The van der Waals surface area contributed by atoms with E-state index in [1.165, 1.54) is 19.2 Å². The van der Waals surface area contributed by atoms with Gasteiger partial charge in [-0.2, -0.15) is 0 Å². The number of anilines is 1. The first-order valence-corrected chi connectivity index (χ1v) is 11.1. The molecule has 1 unspecified atom stereocenters. The third kappa shape index (κ3) is 6.85. The van der Waals surface area contributed by atoms with E-state index in [-0.39, 0.29) is 23.7 Å². The number of nitrogens with one attached hydrogen (secondary N) is 1. The van der Waals surface area contributed by atoms with Crippen LogP contribution in [-0.2, 0) is 14.8 Å². The molecule has 168 valence electrons. The summed E-state index contributed by atoms with van der Waals surface area (Å²) in [6.45, 7) is 3.26. The highest BCUT2D eigenvalue weighted by molar-refractivity contribution is 7.92. The molecule has 1 atom stereocenters. The van der Waals surface area contributed by atoms with Crippen LogP contribution in [0.4, 0.5) is 11.4 Å². The van der Waals surface area contributed by atoms with Crippen molar-refractivity contribution in [1.82, 2.24) is 5.32 Å². The van der Waals surface area contributed by atoms with Gasteiger partial charge in [0.05, 0.1) is 24.3 Å². The lowest BCUT2D eigenvalue weighted by Crippen LogP contribution is -2.45. The van der Waals surface area contributed by atoms with Crippen molar-refractivity contribution in [3.05, 3.63) is 58.1 Å². The number of hydrogen-bond donors (Lipinski definition) is 1. The molecule has 0 fully saturated rings. The van der Waals surface area contributed by atoms with E-state index < -0.39 is 33.4 Å². The minimum absolute atomic E-state index is 0.0829. The molecular formula is C20H25N3O7S. The van der Waals surface area contributed by atoms with Gasteiger partial charge >= 0.3 is 0 Å². The van der Waals surface area contributed by atoms with Crippen LogP contribution in [0.25, 0.3) is 0 Å². The maximum Gasteiger partial charge on any atom is 0.271 e. The average molecular weight is 452 g/mol. The molecule has 0 heterocycles. The van der Waals surface area contributed by atoms with Crippen LogP contribution in [0.2, 0.25) is 0 Å². The number of benzene rings is 2. The zero-order chi connectivity index (χ0) is 23.2. The van der Waals surface area contributed by atoms with Gasteiger partial charge in [-0.1, -0.05) is 17.7 Å². The number of sulfonamides is 1. The molecule has 11 heteroatoms. The lowest BCUT2D eigenvalue weighted by atomic mass is 10.2. The molecule has 0 aromatic heterocycles. The van der Waals surface area contributed by atoms with Gasteiger partial charge in [-0.15, -0.1) is 0 Å². The number of non-ortho nitro benzene ring substituents is 1. The van der Waals surface area contributed by atoms with Crippen LogP contribution in [0.3, 0.4) is 0 Å². The highest BCUT2D eigenvalue weighted by Gasteiger charge is 2.26. The van der Waals surface area contributed by atoms with Crippen molar-refractivity contribution < 1.29 is 27.6 Å². The van der Waals surface area contributed by atoms with E-state index in [1.54, 1.807) is 6.92 Å². The van der Waals surface area contributed by atoms with Crippen molar-refractivity contribution in [2.75, 3.05) is 30.8 Å². The molecule has 10 nitrogen and oxygen atoms in total. The predicted molar refractivity (Wildman–Crippen MR) is 116 cm³/mol. The number of nitrogens with zero attached hydrogens (tertiary/aromatic N) is 2. The second-order valence-corrected chi connectivity index (χ2v) is 8.88. The van der Waals surface area contributed by atoms with Crippen LogP contribution in [0.1, 0.15) is 12.5 Å². The van der Waals surface area contributed by atoms with Crippen LogP contribution in [-0.4, -0.2) is 51.8 Å². The number of aryl methyl sites for hydroxylation is 1. The SMILES string of the molecule is COc1ccc([N+](=O)[O-])cc1N(CC(=O)NC(C)COc1ccc(C)cc1)S(C)(=O)=O. The Morgan fingerprint density at radius 2 is 1.87 bits per heavy atom. The standard InChI is InChI=1S/C20H25N3O7S/c1-14-5-8-17(9-6-14)30-13-15(2)21-20(24)12-22(31(4,27)28)18-11-16(23(25)26)7-10-19(18)29-3/h5-11,15H,12-13H2,1-4H3,(H,21,24). The summed E-state index contributed by atoms with van der Waals surface area (Å²) in [4.78, 5) is 23.0. The first-order valence-electron chi connectivity index (χ1n) is 9.30. The van der Waals surface area contributed by atoms with Crippen LogP contribution in [0, 0.1) is 17.0 Å². The van der Waals surface area contributed by atoms with E-state index in [0.29, 0.717) is 5.75 Å². The molecule has 0 saturated heterocycles. The van der Waals surface area contributed by atoms with E-state index >= 15 is 0 Å². The van der Waals surface area contributed by atoms with E-state index in [1.807, 2.05) is 31.2 Å². The number of carbonyl (C=O) groups excluding carboxylic acids is 1. The first-order chi connectivity index (χ1) is 14.5. The molecule has 31 heavy (non-hydrogen) atoms. The third-order valence-electron chi connectivity index (χ3n) is 4.26. The first kappa shape index (κ1) is 23.9. The Balaban J connectivity index is 2.12. The summed E-state index contributed by atoms with van der Waals surface area (Å²) < 4.78 is 36.2. The number of hydrogen-bond acceptors (Lipinski definition) is 7. The number of carbonyl (C=O) groups is 1. The van der Waals surface area contributed by atoms with Crippen LogP contribution < -0.4 is 19.1 Å². The van der Waals surface area contributed by atoms with Crippen molar-refractivity contribution in [2.45, 2.75) is 19.9 Å². The summed E-state index contributed by atoms with van der Waals surface area (Å²) in [5, 5.41) is 13.8. The quantitative estimate of drug-likeness (QED) is 0.433. The van der Waals surface area contributed by atoms with Crippen LogP contribution >= 0.6 is 0 Å². The van der Waals surface area contributed by atoms with Crippen molar-refractivity contribution in [2.24, 2.45) is 0 Å². The van der Waals surface area contributed by atoms with Gasteiger partial charge in [0.25, 0.3) is 5.69 Å². The topological polar surface area (TPSA) is 128 Å². The zero-order valence-corrected chi connectivity index (χ0v) is 18.5. The number of nitro groups is 1. The van der Waals surface area contributed by atoms with Gasteiger partial charge in [0, 0.05) is 12.1 Å². The monoisotopic (exact) mass is 451 g/mol. The van der Waals surface area contributed by atoms with Crippen LogP contribution in [0.15, 0.2) is 42.5 Å². The van der Waals surface area contributed by atoms with E-state index in [9.17, 15) is 23.3 Å². The molecule has 0 aliphatic carbocycles. The maximum absolute atomic E-state index is 12.5. The summed E-state index contributed by atoms with van der Waals surface area (Å²) in [6, 6.07) is 10.5. The predicted octanol–water partition coefficient (Wildman–Crippen LogP) is 2.26. The van der Waals surface area contributed by atoms with Gasteiger partial charge in [0.15, 0.2) is 0 Å². The molecule has 0 aliphatic rings. The zero-order valence-electron chi connectivity index (χ0n) is 17.7. The molecule has 0 aliphatic heterocycles. The van der Waals surface area contributed by atoms with Crippen molar-refractivity contribution in [1.29, 1.82) is 0 Å². The Morgan fingerprint density at radius 1 is 1.23 bits per heavy atom.